The van der Waals surface area contributed by atoms with E-state index < -0.39 is 0 Å². The van der Waals surface area contributed by atoms with Gasteiger partial charge in [-0.05, 0) is 44.6 Å². The first-order valence-corrected chi connectivity index (χ1v) is 6.44. The Bertz CT molecular complexity index is 450. The summed E-state index contributed by atoms with van der Waals surface area (Å²) in [5.41, 5.74) is 8.12. The maximum Gasteiger partial charge on any atom is 0.0992 e. The van der Waals surface area contributed by atoms with E-state index in [1.54, 1.807) is 12.1 Å². The minimum absolute atomic E-state index is 0.559. The molecule has 1 aromatic carbocycles. The number of piperidine rings is 1. The molecule has 4 nitrogen and oxygen atoms in total. The van der Waals surface area contributed by atoms with Crippen LogP contribution in [-0.2, 0) is 0 Å². The van der Waals surface area contributed by atoms with Gasteiger partial charge >= 0.3 is 0 Å². The van der Waals surface area contributed by atoms with E-state index in [0.29, 0.717) is 17.3 Å². The number of rotatable bonds is 3. The SMILES string of the molecule is CN1CCCCC1CNc1cc(C#N)ccc1N. The summed E-state index contributed by atoms with van der Waals surface area (Å²) in [5, 5.41) is 12.3. The van der Waals surface area contributed by atoms with E-state index in [4.69, 9.17) is 11.0 Å². The maximum absolute atomic E-state index is 8.89. The normalized spacial score (nSPS) is 20.3. The van der Waals surface area contributed by atoms with Crippen molar-refractivity contribution in [1.82, 2.24) is 4.90 Å². The average Bonchev–Trinajstić information content (AvgIpc) is 2.39. The number of likely N-dealkylation sites (tertiary alicyclic amines) is 1. The first-order valence-electron chi connectivity index (χ1n) is 6.44. The number of nitrogens with two attached hydrogens (primary N) is 1. The van der Waals surface area contributed by atoms with Crippen LogP contribution in [0.3, 0.4) is 0 Å². The molecule has 3 N–H and O–H groups in total. The van der Waals surface area contributed by atoms with Crippen LogP contribution in [0.5, 0.6) is 0 Å². The third kappa shape index (κ3) is 2.93. The number of hydrogen-bond donors (Lipinski definition) is 2. The minimum Gasteiger partial charge on any atom is -0.397 e. The fraction of sp³-hybridized carbons (Fsp3) is 0.500. The predicted octanol–water partition coefficient (Wildman–Crippen LogP) is 2.04. The smallest absolute Gasteiger partial charge is 0.0992 e. The fourth-order valence-corrected chi connectivity index (χ4v) is 2.41. The molecule has 18 heavy (non-hydrogen) atoms. The molecule has 0 amide bonds. The number of anilines is 2. The summed E-state index contributed by atoms with van der Waals surface area (Å²) in [7, 11) is 2.17. The Morgan fingerprint density at radius 3 is 3.06 bits per heavy atom. The van der Waals surface area contributed by atoms with E-state index in [9.17, 15) is 0 Å². The van der Waals surface area contributed by atoms with Gasteiger partial charge in [0, 0.05) is 12.6 Å². The zero-order valence-corrected chi connectivity index (χ0v) is 10.8. The molecule has 1 unspecified atom stereocenters. The van der Waals surface area contributed by atoms with Crippen LogP contribution in [0.1, 0.15) is 24.8 Å². The molecule has 2 rings (SSSR count). The summed E-state index contributed by atoms with van der Waals surface area (Å²) in [6.07, 6.45) is 3.81. The lowest BCUT2D eigenvalue weighted by molar-refractivity contribution is 0.194. The quantitative estimate of drug-likeness (QED) is 0.799. The molecule has 0 bridgehead atoms. The van der Waals surface area contributed by atoms with Crippen LogP contribution in [0, 0.1) is 11.3 Å². The molecule has 1 aromatic rings. The average molecular weight is 244 g/mol. The molecule has 1 aliphatic rings. The summed E-state index contributed by atoms with van der Waals surface area (Å²) >= 11 is 0. The number of likely N-dealkylation sites (N-methyl/N-ethyl adjacent to an activating group) is 1. The largest absolute Gasteiger partial charge is 0.397 e. The van der Waals surface area contributed by atoms with E-state index in [-0.39, 0.29) is 0 Å². The molecular weight excluding hydrogens is 224 g/mol. The van der Waals surface area contributed by atoms with Crippen molar-refractivity contribution < 1.29 is 0 Å². The van der Waals surface area contributed by atoms with Gasteiger partial charge in [-0.2, -0.15) is 5.26 Å². The van der Waals surface area contributed by atoms with Crippen LogP contribution in [0.4, 0.5) is 11.4 Å². The lowest BCUT2D eigenvalue weighted by atomic mass is 10.0. The Morgan fingerprint density at radius 1 is 1.50 bits per heavy atom. The third-order valence-corrected chi connectivity index (χ3v) is 3.63. The van der Waals surface area contributed by atoms with Crippen molar-refractivity contribution in [3.05, 3.63) is 23.8 Å². The Labute approximate surface area is 108 Å². The molecule has 1 saturated heterocycles. The van der Waals surface area contributed by atoms with Crippen molar-refractivity contribution in [2.24, 2.45) is 0 Å². The van der Waals surface area contributed by atoms with E-state index in [1.165, 1.54) is 25.8 Å². The molecule has 1 aliphatic heterocycles. The van der Waals surface area contributed by atoms with Crippen molar-refractivity contribution in [3.63, 3.8) is 0 Å². The van der Waals surface area contributed by atoms with Gasteiger partial charge < -0.3 is 16.0 Å². The van der Waals surface area contributed by atoms with Gasteiger partial charge in [0.05, 0.1) is 23.0 Å². The van der Waals surface area contributed by atoms with E-state index >= 15 is 0 Å². The lowest BCUT2D eigenvalue weighted by Gasteiger charge is -2.32. The minimum atomic E-state index is 0.559. The fourth-order valence-electron chi connectivity index (χ4n) is 2.41. The highest BCUT2D eigenvalue weighted by atomic mass is 15.2. The molecule has 1 heterocycles. The van der Waals surface area contributed by atoms with Crippen molar-refractivity contribution in [3.8, 4) is 6.07 Å². The van der Waals surface area contributed by atoms with Gasteiger partial charge in [-0.1, -0.05) is 6.42 Å². The standard InChI is InChI=1S/C14H20N4/c1-18-7-3-2-4-12(18)10-17-14-8-11(9-15)5-6-13(14)16/h5-6,8,12,17H,2-4,7,10,16H2,1H3. The predicted molar refractivity (Wildman–Crippen MR) is 74.3 cm³/mol. The number of benzene rings is 1. The molecule has 96 valence electrons. The second-order valence-corrected chi connectivity index (χ2v) is 4.92. The topological polar surface area (TPSA) is 65.1 Å². The number of nitrogens with one attached hydrogen (secondary N) is 1. The Morgan fingerprint density at radius 2 is 2.33 bits per heavy atom. The van der Waals surface area contributed by atoms with Crippen LogP contribution < -0.4 is 11.1 Å². The monoisotopic (exact) mass is 244 g/mol. The van der Waals surface area contributed by atoms with Gasteiger partial charge in [-0.3, -0.25) is 0 Å². The second kappa shape index (κ2) is 5.74. The van der Waals surface area contributed by atoms with E-state index in [1.807, 2.05) is 6.07 Å². The molecule has 1 atom stereocenters. The first kappa shape index (κ1) is 12.7. The van der Waals surface area contributed by atoms with Crippen molar-refractivity contribution in [2.45, 2.75) is 25.3 Å². The Hall–Kier alpha value is -1.73. The number of nitriles is 1. The number of nitrogen functional groups attached to an aromatic ring is 1. The molecule has 0 spiro atoms. The lowest BCUT2D eigenvalue weighted by Crippen LogP contribution is -2.40. The summed E-state index contributed by atoms with van der Waals surface area (Å²) in [6.45, 7) is 2.05. The van der Waals surface area contributed by atoms with Crippen molar-refractivity contribution >= 4 is 11.4 Å². The molecular formula is C14H20N4. The molecule has 0 aliphatic carbocycles. The van der Waals surface area contributed by atoms with Gasteiger partial charge in [0.2, 0.25) is 0 Å². The molecule has 4 heteroatoms. The third-order valence-electron chi connectivity index (χ3n) is 3.63. The molecule has 0 saturated carbocycles. The second-order valence-electron chi connectivity index (χ2n) is 4.92. The van der Waals surface area contributed by atoms with Crippen LogP contribution in [0.2, 0.25) is 0 Å². The Balaban J connectivity index is 1.99. The molecule has 0 aromatic heterocycles. The van der Waals surface area contributed by atoms with Crippen LogP contribution in [0.25, 0.3) is 0 Å². The maximum atomic E-state index is 8.89. The summed E-state index contributed by atoms with van der Waals surface area (Å²) in [6, 6.07) is 8.04. The number of nitrogens with zero attached hydrogens (tertiary/aromatic N) is 2. The van der Waals surface area contributed by atoms with Crippen LogP contribution >= 0.6 is 0 Å². The molecule has 1 fully saturated rings. The van der Waals surface area contributed by atoms with Crippen molar-refractivity contribution in [1.29, 1.82) is 5.26 Å². The zero-order valence-electron chi connectivity index (χ0n) is 10.8. The summed E-state index contributed by atoms with van der Waals surface area (Å²) < 4.78 is 0. The highest BCUT2D eigenvalue weighted by molar-refractivity contribution is 5.68. The highest BCUT2D eigenvalue weighted by Gasteiger charge is 2.18. The van der Waals surface area contributed by atoms with Gasteiger partial charge in [0.1, 0.15) is 0 Å². The van der Waals surface area contributed by atoms with Crippen LogP contribution in [-0.4, -0.2) is 31.1 Å². The number of hydrogen-bond acceptors (Lipinski definition) is 4. The van der Waals surface area contributed by atoms with E-state index in [2.05, 4.69) is 23.3 Å². The van der Waals surface area contributed by atoms with E-state index in [0.717, 1.165) is 12.2 Å². The van der Waals surface area contributed by atoms with Crippen LogP contribution in [0.15, 0.2) is 18.2 Å². The van der Waals surface area contributed by atoms with Gasteiger partial charge in [0.25, 0.3) is 0 Å². The summed E-state index contributed by atoms with van der Waals surface area (Å²) in [5.74, 6) is 0. The molecule has 0 radical (unpaired) electrons. The van der Waals surface area contributed by atoms with Gasteiger partial charge in [0.15, 0.2) is 0 Å². The highest BCUT2D eigenvalue weighted by Crippen LogP contribution is 2.21. The van der Waals surface area contributed by atoms with Gasteiger partial charge in [-0.15, -0.1) is 0 Å². The summed E-state index contributed by atoms with van der Waals surface area (Å²) in [4.78, 5) is 2.39. The zero-order chi connectivity index (χ0) is 13.0. The van der Waals surface area contributed by atoms with Gasteiger partial charge in [-0.25, -0.2) is 0 Å². The first-order chi connectivity index (χ1) is 8.70. The Kier molecular flexibility index (Phi) is 4.06. The van der Waals surface area contributed by atoms with Crippen molar-refractivity contribution in [2.75, 3.05) is 31.2 Å².